The van der Waals surface area contributed by atoms with Crippen LogP contribution in [-0.4, -0.2) is 36.5 Å². The molecule has 6 nitrogen and oxygen atoms in total. The molecule has 2 unspecified atom stereocenters. The molecule has 2 atom stereocenters. The van der Waals surface area contributed by atoms with Crippen molar-refractivity contribution in [1.29, 1.82) is 0 Å². The van der Waals surface area contributed by atoms with Crippen molar-refractivity contribution in [3.63, 3.8) is 0 Å². The van der Waals surface area contributed by atoms with Crippen LogP contribution in [0.5, 0.6) is 17.2 Å². The summed E-state index contributed by atoms with van der Waals surface area (Å²) in [6.45, 7) is 2.50. The summed E-state index contributed by atoms with van der Waals surface area (Å²) < 4.78 is 17.0. The Hall–Kier alpha value is -3.77. The van der Waals surface area contributed by atoms with Gasteiger partial charge in [0.25, 0.3) is 0 Å². The number of phenolic OH excluding ortho intramolecular Hbond substituents is 2. The Morgan fingerprint density at radius 1 is 1.00 bits per heavy atom. The van der Waals surface area contributed by atoms with Crippen molar-refractivity contribution in [2.24, 2.45) is 5.92 Å². The number of benzene rings is 3. The molecule has 0 aromatic heterocycles. The molecule has 0 spiro atoms. The van der Waals surface area contributed by atoms with Crippen molar-refractivity contribution in [2.45, 2.75) is 19.4 Å². The van der Waals surface area contributed by atoms with Crippen LogP contribution in [0, 0.1) is 5.92 Å². The maximum Gasteiger partial charge on any atom is 0.338 e. The predicted molar refractivity (Wildman–Crippen MR) is 131 cm³/mol. The molecular formula is C28H30O6. The first-order valence-corrected chi connectivity index (χ1v) is 11.2. The standard InChI is InChI=1S/C28H30O6/c1-3-33-27(22-14-17-25(30)26(18-22)32-2)23(11-7-8-20-12-15-24(29)16-13-20)19-34-28(31)21-9-5-4-6-10-21/h4-10,12-18,23,27,29-30H,3,11,19H2,1-2H3/b8-7+. The highest BCUT2D eigenvalue weighted by Gasteiger charge is 2.26. The largest absolute Gasteiger partial charge is 0.508 e. The molecule has 0 aliphatic heterocycles. The van der Waals surface area contributed by atoms with Gasteiger partial charge in [0.1, 0.15) is 5.75 Å². The predicted octanol–water partition coefficient (Wildman–Crippen LogP) is 5.76. The van der Waals surface area contributed by atoms with E-state index < -0.39 is 12.1 Å². The van der Waals surface area contributed by atoms with Gasteiger partial charge in [0.05, 0.1) is 25.4 Å². The zero-order valence-corrected chi connectivity index (χ0v) is 19.4. The Labute approximate surface area is 200 Å². The van der Waals surface area contributed by atoms with E-state index in [1.165, 1.54) is 7.11 Å². The van der Waals surface area contributed by atoms with E-state index in [1.54, 1.807) is 54.6 Å². The Kier molecular flexibility index (Phi) is 9.12. The van der Waals surface area contributed by atoms with Gasteiger partial charge in [-0.15, -0.1) is 0 Å². The maximum absolute atomic E-state index is 12.6. The number of aromatic hydroxyl groups is 2. The average molecular weight is 463 g/mol. The molecule has 0 radical (unpaired) electrons. The summed E-state index contributed by atoms with van der Waals surface area (Å²) in [6.07, 6.45) is 4.12. The van der Waals surface area contributed by atoms with Crippen LogP contribution in [0.15, 0.2) is 78.9 Å². The monoisotopic (exact) mass is 462 g/mol. The van der Waals surface area contributed by atoms with Crippen molar-refractivity contribution in [2.75, 3.05) is 20.3 Å². The molecule has 0 saturated heterocycles. The number of rotatable bonds is 11. The molecule has 0 aliphatic carbocycles. The van der Waals surface area contributed by atoms with Crippen LogP contribution in [0.25, 0.3) is 6.08 Å². The highest BCUT2D eigenvalue weighted by molar-refractivity contribution is 5.89. The summed E-state index contributed by atoms with van der Waals surface area (Å²) in [4.78, 5) is 12.6. The van der Waals surface area contributed by atoms with Crippen LogP contribution >= 0.6 is 0 Å². The molecule has 0 bridgehead atoms. The number of carbonyl (C=O) groups is 1. The van der Waals surface area contributed by atoms with Gasteiger partial charge in [-0.05, 0) is 60.9 Å². The molecule has 0 saturated carbocycles. The van der Waals surface area contributed by atoms with Crippen molar-refractivity contribution in [3.8, 4) is 17.2 Å². The topological polar surface area (TPSA) is 85.2 Å². The summed E-state index contributed by atoms with van der Waals surface area (Å²) in [7, 11) is 1.49. The quantitative estimate of drug-likeness (QED) is 0.352. The van der Waals surface area contributed by atoms with Gasteiger partial charge in [-0.2, -0.15) is 0 Å². The third kappa shape index (κ3) is 6.86. The van der Waals surface area contributed by atoms with Gasteiger partial charge in [-0.25, -0.2) is 4.79 Å². The molecule has 3 rings (SSSR count). The number of ether oxygens (including phenoxy) is 3. The van der Waals surface area contributed by atoms with Gasteiger partial charge in [0.2, 0.25) is 0 Å². The number of carbonyl (C=O) groups excluding carboxylic acids is 1. The SMILES string of the molecule is CCOC(c1ccc(O)c(OC)c1)C(C/C=C/c1ccc(O)cc1)COC(=O)c1ccccc1. The lowest BCUT2D eigenvalue weighted by atomic mass is 9.92. The fourth-order valence-electron chi connectivity index (χ4n) is 3.64. The van der Waals surface area contributed by atoms with Crippen molar-refractivity contribution >= 4 is 12.0 Å². The van der Waals surface area contributed by atoms with Gasteiger partial charge in [0.15, 0.2) is 11.5 Å². The number of methoxy groups -OCH3 is 1. The van der Waals surface area contributed by atoms with Gasteiger partial charge in [-0.3, -0.25) is 0 Å². The lowest BCUT2D eigenvalue weighted by Crippen LogP contribution is -2.23. The summed E-state index contributed by atoms with van der Waals surface area (Å²) in [5.41, 5.74) is 2.24. The third-order valence-corrected chi connectivity index (χ3v) is 5.39. The maximum atomic E-state index is 12.6. The molecule has 34 heavy (non-hydrogen) atoms. The zero-order chi connectivity index (χ0) is 24.3. The lowest BCUT2D eigenvalue weighted by molar-refractivity contribution is -0.0124. The number of esters is 1. The van der Waals surface area contributed by atoms with Gasteiger partial charge in [-0.1, -0.05) is 48.6 Å². The average Bonchev–Trinajstić information content (AvgIpc) is 2.87. The Balaban J connectivity index is 1.83. The minimum absolute atomic E-state index is 0.0424. The van der Waals surface area contributed by atoms with Gasteiger partial charge >= 0.3 is 5.97 Å². The first kappa shape index (κ1) is 24.9. The van der Waals surface area contributed by atoms with Crippen LogP contribution < -0.4 is 4.74 Å². The Morgan fingerprint density at radius 2 is 1.74 bits per heavy atom. The second-order valence-corrected chi connectivity index (χ2v) is 7.76. The molecule has 0 aliphatic rings. The molecule has 0 heterocycles. The van der Waals surface area contributed by atoms with Crippen LogP contribution in [0.2, 0.25) is 0 Å². The fourth-order valence-corrected chi connectivity index (χ4v) is 3.64. The van der Waals surface area contributed by atoms with Crippen LogP contribution in [-0.2, 0) is 9.47 Å². The summed E-state index contributed by atoms with van der Waals surface area (Å²) in [5.74, 6) is 0.00469. The molecule has 2 N–H and O–H groups in total. The first-order chi connectivity index (χ1) is 16.5. The number of phenols is 2. The van der Waals surface area contributed by atoms with E-state index in [-0.39, 0.29) is 24.0 Å². The fraction of sp³-hybridized carbons (Fsp3) is 0.250. The number of hydrogen-bond donors (Lipinski definition) is 2. The highest BCUT2D eigenvalue weighted by atomic mass is 16.5. The normalized spacial score (nSPS) is 12.9. The molecule has 3 aromatic carbocycles. The highest BCUT2D eigenvalue weighted by Crippen LogP contribution is 2.35. The van der Waals surface area contributed by atoms with E-state index in [1.807, 2.05) is 37.3 Å². The lowest BCUT2D eigenvalue weighted by Gasteiger charge is -2.27. The second kappa shape index (κ2) is 12.5. The molecule has 3 aromatic rings. The van der Waals surface area contributed by atoms with Crippen LogP contribution in [0.1, 0.15) is 40.9 Å². The van der Waals surface area contributed by atoms with Crippen molar-refractivity contribution in [1.82, 2.24) is 0 Å². The minimum atomic E-state index is -0.397. The number of hydrogen-bond acceptors (Lipinski definition) is 6. The zero-order valence-electron chi connectivity index (χ0n) is 19.4. The minimum Gasteiger partial charge on any atom is -0.508 e. The van der Waals surface area contributed by atoms with E-state index in [2.05, 4.69) is 0 Å². The van der Waals surface area contributed by atoms with Crippen LogP contribution in [0.3, 0.4) is 0 Å². The third-order valence-electron chi connectivity index (χ3n) is 5.39. The van der Waals surface area contributed by atoms with E-state index in [4.69, 9.17) is 14.2 Å². The van der Waals surface area contributed by atoms with Crippen molar-refractivity contribution in [3.05, 3.63) is 95.6 Å². The van der Waals surface area contributed by atoms with E-state index in [9.17, 15) is 15.0 Å². The molecule has 0 fully saturated rings. The van der Waals surface area contributed by atoms with Gasteiger partial charge < -0.3 is 24.4 Å². The van der Waals surface area contributed by atoms with E-state index in [0.29, 0.717) is 24.3 Å². The van der Waals surface area contributed by atoms with Crippen LogP contribution in [0.4, 0.5) is 0 Å². The Bertz CT molecular complexity index is 1080. The molecule has 178 valence electrons. The number of allylic oxidation sites excluding steroid dienone is 1. The second-order valence-electron chi connectivity index (χ2n) is 7.76. The van der Waals surface area contributed by atoms with E-state index >= 15 is 0 Å². The van der Waals surface area contributed by atoms with Crippen molar-refractivity contribution < 1.29 is 29.2 Å². The van der Waals surface area contributed by atoms with Gasteiger partial charge in [0, 0.05) is 12.5 Å². The Morgan fingerprint density at radius 3 is 2.41 bits per heavy atom. The smallest absolute Gasteiger partial charge is 0.338 e. The van der Waals surface area contributed by atoms with E-state index in [0.717, 1.165) is 11.1 Å². The molecular weight excluding hydrogens is 432 g/mol. The first-order valence-electron chi connectivity index (χ1n) is 11.2. The summed E-state index contributed by atoms with van der Waals surface area (Å²) >= 11 is 0. The summed E-state index contributed by atoms with van der Waals surface area (Å²) in [6, 6.07) is 20.9. The molecule has 6 heteroatoms. The summed E-state index contributed by atoms with van der Waals surface area (Å²) in [5, 5.41) is 19.5. The molecule has 0 amide bonds.